The second-order valence-corrected chi connectivity index (χ2v) is 16.0. The van der Waals surface area contributed by atoms with Gasteiger partial charge in [-0.05, 0) is 110 Å². The van der Waals surface area contributed by atoms with Crippen LogP contribution >= 0.6 is 0 Å². The summed E-state index contributed by atoms with van der Waals surface area (Å²) in [5, 5.41) is 4.58. The van der Waals surface area contributed by atoms with Crippen molar-refractivity contribution in [2.45, 2.75) is 5.41 Å². The first-order valence-electron chi connectivity index (χ1n) is 21.0. The molecule has 10 aromatic carbocycles. The van der Waals surface area contributed by atoms with Crippen molar-refractivity contribution in [1.29, 1.82) is 0 Å². The minimum atomic E-state index is -0.511. The molecule has 286 valence electrons. The molecule has 1 aliphatic carbocycles. The summed E-state index contributed by atoms with van der Waals surface area (Å²) < 4.78 is 6.59. The zero-order valence-corrected chi connectivity index (χ0v) is 33.4. The molecule has 11 aromatic rings. The van der Waals surface area contributed by atoms with Crippen molar-refractivity contribution < 1.29 is 4.42 Å². The second-order valence-electron chi connectivity index (χ2n) is 16.0. The van der Waals surface area contributed by atoms with Crippen LogP contribution < -0.4 is 4.90 Å². The third kappa shape index (κ3) is 5.50. The molecule has 0 amide bonds. The van der Waals surface area contributed by atoms with Crippen LogP contribution in [0.3, 0.4) is 0 Å². The van der Waals surface area contributed by atoms with E-state index in [4.69, 9.17) is 4.42 Å². The van der Waals surface area contributed by atoms with Gasteiger partial charge in [-0.3, -0.25) is 0 Å². The summed E-state index contributed by atoms with van der Waals surface area (Å²) in [6.45, 7) is 0. The van der Waals surface area contributed by atoms with Crippen molar-refractivity contribution in [3.8, 4) is 33.4 Å². The van der Waals surface area contributed by atoms with Gasteiger partial charge >= 0.3 is 0 Å². The van der Waals surface area contributed by atoms with E-state index in [2.05, 4.69) is 241 Å². The highest BCUT2D eigenvalue weighted by molar-refractivity contribution is 6.19. The first-order chi connectivity index (χ1) is 30.3. The number of furan rings is 1. The van der Waals surface area contributed by atoms with E-state index in [9.17, 15) is 0 Å². The van der Waals surface area contributed by atoms with E-state index >= 15 is 0 Å². The normalized spacial score (nSPS) is 12.7. The Morgan fingerprint density at radius 3 is 1.74 bits per heavy atom. The van der Waals surface area contributed by atoms with Crippen LogP contribution in [0, 0.1) is 0 Å². The molecule has 0 bridgehead atoms. The Labute approximate surface area is 355 Å². The third-order valence-corrected chi connectivity index (χ3v) is 12.7. The van der Waals surface area contributed by atoms with Crippen molar-refractivity contribution >= 4 is 49.8 Å². The molecule has 0 atom stereocenters. The molecule has 61 heavy (non-hydrogen) atoms. The number of anilines is 3. The predicted octanol–water partition coefficient (Wildman–Crippen LogP) is 15.9. The van der Waals surface area contributed by atoms with Gasteiger partial charge in [0.05, 0.1) is 5.41 Å². The van der Waals surface area contributed by atoms with E-state index in [-0.39, 0.29) is 0 Å². The molecule has 0 spiro atoms. The highest BCUT2D eigenvalue weighted by Gasteiger charge is 2.46. The molecule has 0 saturated heterocycles. The largest absolute Gasteiger partial charge is 0.455 e. The predicted molar refractivity (Wildman–Crippen MR) is 254 cm³/mol. The van der Waals surface area contributed by atoms with Gasteiger partial charge in [-0.25, -0.2) is 0 Å². The van der Waals surface area contributed by atoms with E-state index < -0.39 is 5.41 Å². The molecule has 12 rings (SSSR count). The SMILES string of the molecule is c1ccc(-c2cccc(N(c3ccc(-c4cccc5oc6c7ccccc7ccc6c45)cc3)c3ccc4c(c3)C(c3ccccc3)(c3ccccc3)c3ccccc3-4)c2)cc1. The van der Waals surface area contributed by atoms with Crippen molar-refractivity contribution in [2.75, 3.05) is 4.90 Å². The van der Waals surface area contributed by atoms with E-state index in [1.807, 2.05) is 0 Å². The molecule has 0 aliphatic heterocycles. The maximum absolute atomic E-state index is 6.59. The van der Waals surface area contributed by atoms with Crippen LogP contribution in [0.2, 0.25) is 0 Å². The van der Waals surface area contributed by atoms with E-state index in [1.165, 1.54) is 49.9 Å². The fourth-order valence-corrected chi connectivity index (χ4v) is 10.1. The lowest BCUT2D eigenvalue weighted by molar-refractivity contribution is 0.673. The molecule has 0 N–H and O–H groups in total. The average molecular weight is 778 g/mol. The van der Waals surface area contributed by atoms with Gasteiger partial charge in [0.15, 0.2) is 0 Å². The first kappa shape index (κ1) is 35.0. The number of benzene rings is 10. The molecule has 0 radical (unpaired) electrons. The van der Waals surface area contributed by atoms with Gasteiger partial charge in [0.2, 0.25) is 0 Å². The summed E-state index contributed by atoms with van der Waals surface area (Å²) in [4.78, 5) is 2.42. The van der Waals surface area contributed by atoms with Crippen molar-refractivity contribution in [1.82, 2.24) is 0 Å². The van der Waals surface area contributed by atoms with Gasteiger partial charge in [-0.15, -0.1) is 0 Å². The first-order valence-corrected chi connectivity index (χ1v) is 21.0. The topological polar surface area (TPSA) is 16.4 Å². The van der Waals surface area contributed by atoms with Crippen molar-refractivity contribution in [3.05, 3.63) is 259 Å². The summed E-state index contributed by atoms with van der Waals surface area (Å²) >= 11 is 0. The van der Waals surface area contributed by atoms with Crippen LogP contribution in [-0.4, -0.2) is 0 Å². The zero-order chi connectivity index (χ0) is 40.3. The molecule has 2 nitrogen and oxygen atoms in total. The third-order valence-electron chi connectivity index (χ3n) is 12.7. The molecule has 0 unspecified atom stereocenters. The van der Waals surface area contributed by atoms with Crippen molar-refractivity contribution in [2.24, 2.45) is 0 Å². The number of hydrogen-bond donors (Lipinski definition) is 0. The Morgan fingerprint density at radius 1 is 0.344 bits per heavy atom. The van der Waals surface area contributed by atoms with Gasteiger partial charge in [0.25, 0.3) is 0 Å². The average Bonchev–Trinajstić information content (AvgIpc) is 3.87. The minimum Gasteiger partial charge on any atom is -0.455 e. The van der Waals surface area contributed by atoms with Crippen LogP contribution in [-0.2, 0) is 5.41 Å². The fourth-order valence-electron chi connectivity index (χ4n) is 10.1. The van der Waals surface area contributed by atoms with E-state index in [0.29, 0.717) is 0 Å². The smallest absolute Gasteiger partial charge is 0.143 e. The van der Waals surface area contributed by atoms with Crippen LogP contribution in [0.15, 0.2) is 241 Å². The number of hydrogen-bond acceptors (Lipinski definition) is 2. The molecule has 1 heterocycles. The lowest BCUT2D eigenvalue weighted by Crippen LogP contribution is -2.28. The molecule has 0 fully saturated rings. The molecular weight excluding hydrogens is 739 g/mol. The van der Waals surface area contributed by atoms with Crippen molar-refractivity contribution in [3.63, 3.8) is 0 Å². The van der Waals surface area contributed by atoms with Crippen LogP contribution in [0.4, 0.5) is 17.1 Å². The lowest BCUT2D eigenvalue weighted by atomic mass is 9.67. The lowest BCUT2D eigenvalue weighted by Gasteiger charge is -2.35. The second kappa shape index (κ2) is 14.1. The molecule has 1 aliphatic rings. The maximum atomic E-state index is 6.59. The summed E-state index contributed by atoms with van der Waals surface area (Å²) in [6, 6.07) is 86.0. The Balaban J connectivity index is 1.06. The standard InChI is InChI=1S/C59H39NO/c1-4-16-40(17-5-1)43-19-14-24-47(38-43)60(46-33-30-42(31-34-46)49-27-15-29-56-57(49)53-36-32-41-18-10-11-25-50(41)58(53)61-56)48-35-37-52-51-26-12-13-28-54(51)59(55(52)39-48,44-20-6-2-7-21-44)45-22-8-3-9-23-45/h1-39H. The molecule has 1 aromatic heterocycles. The zero-order valence-electron chi connectivity index (χ0n) is 33.4. The number of fused-ring (bicyclic) bond motifs is 8. The fraction of sp³-hybridized carbons (Fsp3) is 0.0169. The number of nitrogens with zero attached hydrogens (tertiary/aromatic N) is 1. The summed E-state index contributed by atoms with van der Waals surface area (Å²) in [7, 11) is 0. The van der Waals surface area contributed by atoms with E-state index in [1.54, 1.807) is 0 Å². The Morgan fingerprint density at radius 2 is 0.951 bits per heavy atom. The Kier molecular flexibility index (Phi) is 8.11. The molecular formula is C59H39NO. The van der Waals surface area contributed by atoms with Gasteiger partial charge in [0.1, 0.15) is 11.2 Å². The van der Waals surface area contributed by atoms with E-state index in [0.717, 1.165) is 55.5 Å². The van der Waals surface area contributed by atoms with Gasteiger partial charge in [-0.2, -0.15) is 0 Å². The Bertz CT molecular complexity index is 3360. The molecule has 2 heteroatoms. The molecule has 0 saturated carbocycles. The highest BCUT2D eigenvalue weighted by Crippen LogP contribution is 2.57. The summed E-state index contributed by atoms with van der Waals surface area (Å²) in [5.41, 5.74) is 16.8. The minimum absolute atomic E-state index is 0.511. The highest BCUT2D eigenvalue weighted by atomic mass is 16.3. The van der Waals surface area contributed by atoms with Gasteiger partial charge in [-0.1, -0.05) is 188 Å². The van der Waals surface area contributed by atoms with Crippen LogP contribution in [0.25, 0.3) is 66.1 Å². The quantitative estimate of drug-likeness (QED) is 0.160. The van der Waals surface area contributed by atoms with Crippen LogP contribution in [0.1, 0.15) is 22.3 Å². The maximum Gasteiger partial charge on any atom is 0.143 e. The Hall–Kier alpha value is -7.94. The number of rotatable bonds is 7. The van der Waals surface area contributed by atoms with Crippen LogP contribution in [0.5, 0.6) is 0 Å². The summed E-state index contributed by atoms with van der Waals surface area (Å²) in [5.74, 6) is 0. The monoisotopic (exact) mass is 777 g/mol. The van der Waals surface area contributed by atoms with Gasteiger partial charge in [0, 0.05) is 33.2 Å². The summed E-state index contributed by atoms with van der Waals surface area (Å²) in [6.07, 6.45) is 0. The van der Waals surface area contributed by atoms with Gasteiger partial charge < -0.3 is 9.32 Å².